The van der Waals surface area contributed by atoms with Crippen molar-refractivity contribution in [2.24, 2.45) is 0 Å². The Hall–Kier alpha value is -1.37. The van der Waals surface area contributed by atoms with Gasteiger partial charge in [-0.15, -0.1) is 0 Å². The fourth-order valence-corrected chi connectivity index (χ4v) is 3.44. The first-order valence-corrected chi connectivity index (χ1v) is 7.63. The summed E-state index contributed by atoms with van der Waals surface area (Å²) < 4.78 is 5.89. The van der Waals surface area contributed by atoms with Crippen LogP contribution in [0.1, 0.15) is 0 Å². The van der Waals surface area contributed by atoms with Gasteiger partial charge in [-0.3, -0.25) is 9.69 Å². The van der Waals surface area contributed by atoms with Gasteiger partial charge in [0.05, 0.1) is 23.8 Å². The molecule has 1 aromatic carbocycles. The molecule has 6 heteroatoms. The van der Waals surface area contributed by atoms with Gasteiger partial charge in [0, 0.05) is 19.3 Å². The van der Waals surface area contributed by atoms with Crippen LogP contribution in [0.3, 0.4) is 0 Å². The Labute approximate surface area is 127 Å². The summed E-state index contributed by atoms with van der Waals surface area (Å²) in [6.45, 7) is 3.04. The van der Waals surface area contributed by atoms with Gasteiger partial charge in [0.25, 0.3) is 5.91 Å². The Kier molecular flexibility index (Phi) is 4.05. The molecule has 1 amide bonds. The molecular formula is C14H14N2O2S2. The van der Waals surface area contributed by atoms with Crippen LogP contribution in [-0.2, 0) is 9.53 Å². The van der Waals surface area contributed by atoms with Crippen LogP contribution in [0.4, 0.5) is 5.69 Å². The van der Waals surface area contributed by atoms with Crippen molar-refractivity contribution in [2.45, 2.75) is 0 Å². The zero-order valence-corrected chi connectivity index (χ0v) is 12.5. The lowest BCUT2D eigenvalue weighted by atomic mass is 10.3. The molecule has 0 bridgehead atoms. The number of nitrogens with zero attached hydrogens (tertiary/aromatic N) is 2. The van der Waals surface area contributed by atoms with E-state index >= 15 is 0 Å². The Morgan fingerprint density at radius 3 is 2.60 bits per heavy atom. The van der Waals surface area contributed by atoms with Crippen LogP contribution in [-0.4, -0.2) is 41.4 Å². The second-order valence-electron chi connectivity index (χ2n) is 4.49. The van der Waals surface area contributed by atoms with Crippen molar-refractivity contribution in [3.8, 4) is 0 Å². The van der Waals surface area contributed by atoms with Crippen LogP contribution >= 0.6 is 24.0 Å². The van der Waals surface area contributed by atoms with Gasteiger partial charge in [-0.1, -0.05) is 42.2 Å². The van der Waals surface area contributed by atoms with E-state index in [0.717, 1.165) is 18.8 Å². The highest BCUT2D eigenvalue weighted by atomic mass is 32.2. The molecule has 0 N–H and O–H groups in total. The van der Waals surface area contributed by atoms with E-state index in [9.17, 15) is 4.79 Å². The zero-order valence-electron chi connectivity index (χ0n) is 10.8. The summed E-state index contributed by atoms with van der Waals surface area (Å²) in [5.41, 5.74) is 0.820. The lowest BCUT2D eigenvalue weighted by Crippen LogP contribution is -2.33. The number of thioether (sulfide) groups is 1. The summed E-state index contributed by atoms with van der Waals surface area (Å²) in [7, 11) is 0. The van der Waals surface area contributed by atoms with Crippen molar-refractivity contribution in [3.05, 3.63) is 41.4 Å². The summed E-state index contributed by atoms with van der Waals surface area (Å²) in [5.74, 6) is -0.0438. The number of benzene rings is 1. The summed E-state index contributed by atoms with van der Waals surface area (Å²) in [6, 6.07) is 9.51. The van der Waals surface area contributed by atoms with Crippen LogP contribution in [0.2, 0.25) is 0 Å². The molecule has 2 aliphatic rings. The van der Waals surface area contributed by atoms with E-state index in [4.69, 9.17) is 17.0 Å². The maximum Gasteiger partial charge on any atom is 0.272 e. The molecule has 20 heavy (non-hydrogen) atoms. The molecule has 2 heterocycles. The van der Waals surface area contributed by atoms with Crippen LogP contribution in [0.15, 0.2) is 41.4 Å². The van der Waals surface area contributed by atoms with Crippen molar-refractivity contribution in [1.29, 1.82) is 0 Å². The van der Waals surface area contributed by atoms with Crippen molar-refractivity contribution in [3.63, 3.8) is 0 Å². The smallest absolute Gasteiger partial charge is 0.272 e. The van der Waals surface area contributed by atoms with E-state index in [2.05, 4.69) is 4.90 Å². The van der Waals surface area contributed by atoms with Crippen LogP contribution in [0, 0.1) is 0 Å². The summed E-state index contributed by atoms with van der Waals surface area (Å²) in [5, 5.41) is 0. The van der Waals surface area contributed by atoms with E-state index < -0.39 is 0 Å². The highest BCUT2D eigenvalue weighted by molar-refractivity contribution is 8.27. The minimum Gasteiger partial charge on any atom is -0.378 e. The molecule has 4 nitrogen and oxygen atoms in total. The number of hydrogen-bond donors (Lipinski definition) is 0. The van der Waals surface area contributed by atoms with E-state index in [0.29, 0.717) is 22.4 Å². The largest absolute Gasteiger partial charge is 0.378 e. The molecule has 0 aromatic heterocycles. The Balaban J connectivity index is 1.81. The monoisotopic (exact) mass is 306 g/mol. The van der Waals surface area contributed by atoms with E-state index in [-0.39, 0.29) is 5.91 Å². The Morgan fingerprint density at radius 2 is 1.90 bits per heavy atom. The number of amides is 1. The molecule has 2 aliphatic heterocycles. The molecule has 0 saturated carbocycles. The zero-order chi connectivity index (χ0) is 13.9. The first-order chi connectivity index (χ1) is 9.75. The van der Waals surface area contributed by atoms with Crippen LogP contribution in [0.5, 0.6) is 0 Å². The molecule has 0 atom stereocenters. The number of carbonyl (C=O) groups is 1. The van der Waals surface area contributed by atoms with Gasteiger partial charge in [-0.2, -0.15) is 0 Å². The number of para-hydroxylation sites is 1. The molecular weight excluding hydrogens is 292 g/mol. The second kappa shape index (κ2) is 5.95. The third-order valence-electron chi connectivity index (χ3n) is 3.15. The predicted octanol–water partition coefficient (Wildman–Crippen LogP) is 2.22. The number of rotatable bonds is 2. The average Bonchev–Trinajstić information content (AvgIpc) is 2.75. The molecule has 0 radical (unpaired) electrons. The van der Waals surface area contributed by atoms with Crippen molar-refractivity contribution < 1.29 is 9.53 Å². The van der Waals surface area contributed by atoms with E-state index in [1.54, 1.807) is 4.90 Å². The quantitative estimate of drug-likeness (QED) is 0.618. The van der Waals surface area contributed by atoms with Gasteiger partial charge in [-0.25, -0.2) is 0 Å². The number of anilines is 1. The fraction of sp³-hybridized carbons (Fsp3) is 0.286. The average molecular weight is 306 g/mol. The third kappa shape index (κ3) is 2.72. The SMILES string of the molecule is O=C1C(=CN2CCOCC2)SC(=S)N1c1ccccc1. The van der Waals surface area contributed by atoms with Crippen molar-refractivity contribution in [2.75, 3.05) is 31.2 Å². The number of morpholine rings is 1. The Bertz CT molecular complexity index is 554. The molecule has 2 fully saturated rings. The Morgan fingerprint density at radius 1 is 1.20 bits per heavy atom. The summed E-state index contributed by atoms with van der Waals surface area (Å²) in [6.07, 6.45) is 1.91. The topological polar surface area (TPSA) is 32.8 Å². The van der Waals surface area contributed by atoms with Gasteiger partial charge < -0.3 is 9.64 Å². The maximum absolute atomic E-state index is 12.5. The number of hydrogen-bond acceptors (Lipinski definition) is 5. The molecule has 0 unspecified atom stereocenters. The van der Waals surface area contributed by atoms with Gasteiger partial charge >= 0.3 is 0 Å². The van der Waals surface area contributed by atoms with Gasteiger partial charge in [0.15, 0.2) is 4.32 Å². The highest BCUT2D eigenvalue weighted by Gasteiger charge is 2.33. The highest BCUT2D eigenvalue weighted by Crippen LogP contribution is 2.34. The van der Waals surface area contributed by atoms with Crippen LogP contribution in [0.25, 0.3) is 0 Å². The van der Waals surface area contributed by atoms with Crippen molar-refractivity contribution >= 4 is 39.9 Å². The lowest BCUT2D eigenvalue weighted by molar-refractivity contribution is -0.113. The molecule has 104 valence electrons. The number of thiocarbonyl (C=S) groups is 1. The minimum atomic E-state index is -0.0438. The summed E-state index contributed by atoms with van der Waals surface area (Å²) >= 11 is 6.69. The second-order valence-corrected chi connectivity index (χ2v) is 6.16. The van der Waals surface area contributed by atoms with Gasteiger partial charge in [0.2, 0.25) is 0 Å². The van der Waals surface area contributed by atoms with Gasteiger partial charge in [-0.05, 0) is 12.1 Å². The van der Waals surface area contributed by atoms with E-state index in [1.807, 2.05) is 36.5 Å². The fourth-order valence-electron chi connectivity index (χ4n) is 2.13. The standard InChI is InChI=1S/C14H14N2O2S2/c17-13-12(10-15-6-8-18-9-7-15)20-14(19)16(13)11-4-2-1-3-5-11/h1-5,10H,6-9H2. The third-order valence-corrected chi connectivity index (χ3v) is 4.44. The molecule has 0 aliphatic carbocycles. The predicted molar refractivity (Wildman–Crippen MR) is 84.6 cm³/mol. The molecule has 2 saturated heterocycles. The number of carbonyl (C=O) groups excluding carboxylic acids is 1. The summed E-state index contributed by atoms with van der Waals surface area (Å²) in [4.78, 5) is 16.9. The van der Waals surface area contributed by atoms with Crippen LogP contribution < -0.4 is 4.90 Å². The first kappa shape index (κ1) is 13.6. The first-order valence-electron chi connectivity index (χ1n) is 6.40. The normalized spacial score (nSPS) is 21.9. The molecule has 1 aromatic rings. The minimum absolute atomic E-state index is 0.0438. The van der Waals surface area contributed by atoms with E-state index in [1.165, 1.54) is 11.8 Å². The lowest BCUT2D eigenvalue weighted by Gasteiger charge is -2.25. The van der Waals surface area contributed by atoms with Gasteiger partial charge in [0.1, 0.15) is 0 Å². The number of ether oxygens (including phenoxy) is 1. The molecule has 3 rings (SSSR count). The van der Waals surface area contributed by atoms with Crippen molar-refractivity contribution in [1.82, 2.24) is 4.90 Å². The maximum atomic E-state index is 12.5. The molecule has 0 spiro atoms.